The van der Waals surface area contributed by atoms with E-state index in [1.807, 2.05) is 0 Å². The molecule has 1 aromatic heterocycles. The molecular weight excluding hydrogens is 239 g/mol. The minimum atomic E-state index is -1.29. The summed E-state index contributed by atoms with van der Waals surface area (Å²) >= 11 is 0. The van der Waals surface area contributed by atoms with Crippen LogP contribution < -0.4 is 0 Å². The van der Waals surface area contributed by atoms with Crippen LogP contribution in [-0.2, 0) is 11.3 Å². The first-order valence-electron chi connectivity index (χ1n) is 5.65. The highest BCUT2D eigenvalue weighted by atomic mass is 19.1. The van der Waals surface area contributed by atoms with E-state index in [4.69, 9.17) is 9.84 Å². The topological polar surface area (TPSA) is 64.3 Å². The van der Waals surface area contributed by atoms with Gasteiger partial charge in [-0.2, -0.15) is 0 Å². The fourth-order valence-electron chi connectivity index (χ4n) is 2.06. The van der Waals surface area contributed by atoms with E-state index in [0.29, 0.717) is 12.1 Å². The van der Waals surface area contributed by atoms with Gasteiger partial charge in [0.15, 0.2) is 5.82 Å². The molecule has 0 saturated carbocycles. The third-order valence-electron chi connectivity index (χ3n) is 3.15. The Balaban J connectivity index is 2.03. The van der Waals surface area contributed by atoms with Crippen molar-refractivity contribution < 1.29 is 19.0 Å². The van der Waals surface area contributed by atoms with E-state index in [1.165, 1.54) is 12.4 Å². The summed E-state index contributed by atoms with van der Waals surface area (Å²) in [4.78, 5) is 14.8. The van der Waals surface area contributed by atoms with Crippen LogP contribution in [0.5, 0.6) is 0 Å². The number of carboxylic acid groups (broad SMARTS) is 1. The van der Waals surface area contributed by atoms with E-state index in [2.05, 4.69) is 4.98 Å². The number of carboxylic acids is 1. The number of fused-ring (bicyclic) bond motifs is 1. The second-order valence-corrected chi connectivity index (χ2v) is 4.28. The van der Waals surface area contributed by atoms with Crippen LogP contribution in [0.3, 0.4) is 0 Å². The highest BCUT2D eigenvalue weighted by molar-refractivity contribution is 5.93. The van der Waals surface area contributed by atoms with E-state index in [9.17, 15) is 9.18 Å². The standard InChI is InChI=1S/C12H11FN2O3/c13-10-8(12(16)17)1-2-9-11(10)14-6-15(9)5-7-3-4-18-7/h1-2,6-7H,3-5H2,(H,16,17)/t7-/m0/s1. The highest BCUT2D eigenvalue weighted by Gasteiger charge is 2.21. The van der Waals surface area contributed by atoms with Crippen molar-refractivity contribution in [1.82, 2.24) is 9.55 Å². The number of rotatable bonds is 3. The second-order valence-electron chi connectivity index (χ2n) is 4.28. The number of nitrogens with zero attached hydrogens (tertiary/aromatic N) is 2. The van der Waals surface area contributed by atoms with E-state index in [1.54, 1.807) is 10.6 Å². The van der Waals surface area contributed by atoms with Gasteiger partial charge in [0.05, 0.1) is 30.1 Å². The van der Waals surface area contributed by atoms with Crippen LogP contribution in [0, 0.1) is 5.82 Å². The molecule has 5 nitrogen and oxygen atoms in total. The van der Waals surface area contributed by atoms with Crippen molar-refractivity contribution in [3.63, 3.8) is 0 Å². The molecule has 0 unspecified atom stereocenters. The zero-order valence-electron chi connectivity index (χ0n) is 9.47. The molecule has 94 valence electrons. The average molecular weight is 250 g/mol. The minimum Gasteiger partial charge on any atom is -0.478 e. The van der Waals surface area contributed by atoms with Gasteiger partial charge in [-0.05, 0) is 18.6 Å². The van der Waals surface area contributed by atoms with Crippen molar-refractivity contribution in [3.05, 3.63) is 29.8 Å². The molecule has 0 radical (unpaired) electrons. The predicted octanol–water partition coefficient (Wildman–Crippen LogP) is 1.66. The fourth-order valence-corrected chi connectivity index (χ4v) is 2.06. The van der Waals surface area contributed by atoms with Gasteiger partial charge in [-0.25, -0.2) is 14.2 Å². The molecule has 0 spiro atoms. The van der Waals surface area contributed by atoms with Crippen molar-refractivity contribution in [2.75, 3.05) is 6.61 Å². The molecule has 1 N–H and O–H groups in total. The number of imidazole rings is 1. The largest absolute Gasteiger partial charge is 0.478 e. The van der Waals surface area contributed by atoms with Gasteiger partial charge in [0.25, 0.3) is 0 Å². The molecule has 0 amide bonds. The molecule has 1 saturated heterocycles. The van der Waals surface area contributed by atoms with Crippen molar-refractivity contribution in [2.24, 2.45) is 0 Å². The van der Waals surface area contributed by atoms with Crippen molar-refractivity contribution in [2.45, 2.75) is 19.1 Å². The minimum absolute atomic E-state index is 0.0919. The molecule has 1 aliphatic heterocycles. The van der Waals surface area contributed by atoms with Crippen LogP contribution in [0.4, 0.5) is 4.39 Å². The van der Waals surface area contributed by atoms with Gasteiger partial charge in [0.2, 0.25) is 0 Å². The number of benzene rings is 1. The second kappa shape index (κ2) is 4.06. The molecule has 2 aromatic rings. The lowest BCUT2D eigenvalue weighted by Gasteiger charge is -2.26. The molecule has 0 aliphatic carbocycles. The zero-order valence-corrected chi connectivity index (χ0v) is 9.47. The Morgan fingerprint density at radius 3 is 3.00 bits per heavy atom. The van der Waals surface area contributed by atoms with Gasteiger partial charge >= 0.3 is 5.97 Å². The van der Waals surface area contributed by atoms with Crippen LogP contribution in [0.1, 0.15) is 16.8 Å². The maximum absolute atomic E-state index is 13.9. The average Bonchev–Trinajstić information content (AvgIpc) is 2.67. The Morgan fingerprint density at radius 2 is 2.39 bits per heavy atom. The summed E-state index contributed by atoms with van der Waals surface area (Å²) in [6.45, 7) is 1.37. The predicted molar refractivity (Wildman–Crippen MR) is 61.0 cm³/mol. The van der Waals surface area contributed by atoms with Gasteiger partial charge in [-0.3, -0.25) is 0 Å². The van der Waals surface area contributed by atoms with E-state index < -0.39 is 11.8 Å². The molecule has 1 aliphatic rings. The van der Waals surface area contributed by atoms with E-state index >= 15 is 0 Å². The molecule has 1 fully saturated rings. The van der Waals surface area contributed by atoms with Gasteiger partial charge in [0.1, 0.15) is 5.52 Å². The highest BCUT2D eigenvalue weighted by Crippen LogP contribution is 2.22. The smallest absolute Gasteiger partial charge is 0.338 e. The molecular formula is C12H11FN2O3. The van der Waals surface area contributed by atoms with Crippen LogP contribution in [-0.4, -0.2) is 33.3 Å². The van der Waals surface area contributed by atoms with Gasteiger partial charge < -0.3 is 14.4 Å². The Labute approximate surface area is 102 Å². The lowest BCUT2D eigenvalue weighted by atomic mass is 10.1. The zero-order chi connectivity index (χ0) is 12.7. The number of hydrogen-bond donors (Lipinski definition) is 1. The Hall–Kier alpha value is -1.95. The van der Waals surface area contributed by atoms with E-state index in [-0.39, 0.29) is 17.2 Å². The molecule has 2 heterocycles. The maximum Gasteiger partial charge on any atom is 0.338 e. The normalized spacial score (nSPS) is 18.8. The van der Waals surface area contributed by atoms with Crippen molar-refractivity contribution >= 4 is 17.0 Å². The van der Waals surface area contributed by atoms with Crippen molar-refractivity contribution in [3.8, 4) is 0 Å². The first kappa shape index (κ1) is 11.2. The molecule has 18 heavy (non-hydrogen) atoms. The third-order valence-corrected chi connectivity index (χ3v) is 3.15. The first-order valence-corrected chi connectivity index (χ1v) is 5.65. The fraction of sp³-hybridized carbons (Fsp3) is 0.333. The third kappa shape index (κ3) is 1.65. The maximum atomic E-state index is 13.9. The van der Waals surface area contributed by atoms with Crippen LogP contribution in [0.15, 0.2) is 18.5 Å². The first-order chi connectivity index (χ1) is 8.66. The molecule has 1 atom stereocenters. The molecule has 1 aromatic carbocycles. The number of aromatic nitrogens is 2. The summed E-state index contributed by atoms with van der Waals surface area (Å²) in [5, 5.41) is 8.83. The number of hydrogen-bond acceptors (Lipinski definition) is 3. The summed E-state index contributed by atoms with van der Waals surface area (Å²) in [7, 11) is 0. The Bertz CT molecular complexity index is 619. The summed E-state index contributed by atoms with van der Waals surface area (Å²) in [6.07, 6.45) is 2.64. The van der Waals surface area contributed by atoms with Crippen LogP contribution >= 0.6 is 0 Å². The molecule has 3 rings (SSSR count). The summed E-state index contributed by atoms with van der Waals surface area (Å²) < 4.78 is 21.0. The number of halogens is 1. The Kier molecular flexibility index (Phi) is 2.52. The monoisotopic (exact) mass is 250 g/mol. The SMILES string of the molecule is O=C(O)c1ccc2c(ncn2C[C@@H]2CCO2)c1F. The summed E-state index contributed by atoms with van der Waals surface area (Å²) in [5.41, 5.74) is 0.329. The summed E-state index contributed by atoms with van der Waals surface area (Å²) in [5.74, 6) is -2.07. The van der Waals surface area contributed by atoms with Gasteiger partial charge in [0, 0.05) is 6.61 Å². The van der Waals surface area contributed by atoms with Gasteiger partial charge in [-0.1, -0.05) is 0 Å². The van der Waals surface area contributed by atoms with Crippen molar-refractivity contribution in [1.29, 1.82) is 0 Å². The Morgan fingerprint density at radius 1 is 1.61 bits per heavy atom. The quantitative estimate of drug-likeness (QED) is 0.899. The lowest BCUT2D eigenvalue weighted by molar-refractivity contribution is -0.0586. The van der Waals surface area contributed by atoms with Gasteiger partial charge in [-0.15, -0.1) is 0 Å². The number of carbonyl (C=O) groups is 1. The summed E-state index contributed by atoms with van der Waals surface area (Å²) in [6, 6.07) is 2.84. The lowest BCUT2D eigenvalue weighted by Crippen LogP contribution is -2.30. The number of ether oxygens (including phenoxy) is 1. The van der Waals surface area contributed by atoms with Crippen LogP contribution in [0.25, 0.3) is 11.0 Å². The molecule has 0 bridgehead atoms. The molecule has 6 heteroatoms. The number of aromatic carboxylic acids is 1. The van der Waals surface area contributed by atoms with E-state index in [0.717, 1.165) is 13.0 Å². The van der Waals surface area contributed by atoms with Crippen LogP contribution in [0.2, 0.25) is 0 Å².